The third kappa shape index (κ3) is 3.08. The van der Waals surface area contributed by atoms with Crippen molar-refractivity contribution in [2.24, 2.45) is 0 Å². The number of methoxy groups -OCH3 is 2. The third-order valence-electron chi connectivity index (χ3n) is 2.75. The van der Waals surface area contributed by atoms with Crippen LogP contribution in [-0.2, 0) is 6.54 Å². The van der Waals surface area contributed by atoms with Crippen LogP contribution in [0.15, 0.2) is 23.6 Å². The van der Waals surface area contributed by atoms with E-state index in [2.05, 4.69) is 10.3 Å². The largest absolute Gasteiger partial charge is 0.496 e. The Balaban J connectivity index is 2.16. The molecule has 0 atom stereocenters. The van der Waals surface area contributed by atoms with Crippen LogP contribution in [0.2, 0.25) is 0 Å². The van der Waals surface area contributed by atoms with Crippen molar-refractivity contribution in [2.75, 3.05) is 14.2 Å². The van der Waals surface area contributed by atoms with Gasteiger partial charge in [-0.3, -0.25) is 4.79 Å². The highest BCUT2D eigenvalue weighted by Gasteiger charge is 2.17. The number of rotatable bonds is 5. The molecule has 1 aromatic heterocycles. The van der Waals surface area contributed by atoms with E-state index in [-0.39, 0.29) is 5.91 Å². The van der Waals surface area contributed by atoms with Crippen LogP contribution < -0.4 is 14.8 Å². The fourth-order valence-electron chi connectivity index (χ4n) is 1.82. The number of benzene rings is 1. The molecule has 1 heterocycles. The van der Waals surface area contributed by atoms with Gasteiger partial charge < -0.3 is 14.8 Å². The van der Waals surface area contributed by atoms with Crippen LogP contribution in [0.4, 0.5) is 0 Å². The molecule has 0 unspecified atom stereocenters. The molecule has 2 rings (SSSR count). The summed E-state index contributed by atoms with van der Waals surface area (Å²) in [5.74, 6) is 0.720. The summed E-state index contributed by atoms with van der Waals surface area (Å²) in [6.07, 6.45) is 0. The van der Waals surface area contributed by atoms with Crippen LogP contribution in [0.25, 0.3) is 0 Å². The minimum absolute atomic E-state index is 0.245. The van der Waals surface area contributed by atoms with Crippen molar-refractivity contribution in [1.82, 2.24) is 10.3 Å². The quantitative estimate of drug-likeness (QED) is 0.919. The van der Waals surface area contributed by atoms with Gasteiger partial charge in [-0.2, -0.15) is 0 Å². The first-order valence-electron chi connectivity index (χ1n) is 6.06. The summed E-state index contributed by atoms with van der Waals surface area (Å²) in [6, 6.07) is 5.23. The zero-order valence-corrected chi connectivity index (χ0v) is 12.4. The SMILES string of the molecule is COc1cccc(OC)c1C(=O)NCc1csc(C)n1. The highest BCUT2D eigenvalue weighted by Crippen LogP contribution is 2.28. The van der Waals surface area contributed by atoms with Crippen LogP contribution in [-0.4, -0.2) is 25.1 Å². The molecule has 6 heteroatoms. The van der Waals surface area contributed by atoms with Crippen molar-refractivity contribution in [1.29, 1.82) is 0 Å². The number of aromatic nitrogens is 1. The molecule has 0 spiro atoms. The number of thiazole rings is 1. The first-order chi connectivity index (χ1) is 9.65. The van der Waals surface area contributed by atoms with Gasteiger partial charge in [0.2, 0.25) is 0 Å². The Morgan fingerprint density at radius 3 is 2.45 bits per heavy atom. The van der Waals surface area contributed by atoms with Crippen molar-refractivity contribution >= 4 is 17.2 Å². The second-order valence-electron chi connectivity index (χ2n) is 4.08. The smallest absolute Gasteiger partial charge is 0.259 e. The number of nitrogens with zero attached hydrogens (tertiary/aromatic N) is 1. The second-order valence-corrected chi connectivity index (χ2v) is 5.14. The number of nitrogens with one attached hydrogen (secondary N) is 1. The number of hydrogen-bond donors (Lipinski definition) is 1. The highest BCUT2D eigenvalue weighted by atomic mass is 32.1. The van der Waals surface area contributed by atoms with E-state index < -0.39 is 0 Å². The normalized spacial score (nSPS) is 10.2. The molecule has 0 aliphatic carbocycles. The van der Waals surface area contributed by atoms with Crippen LogP contribution in [0, 0.1) is 6.92 Å². The summed E-state index contributed by atoms with van der Waals surface area (Å²) < 4.78 is 10.4. The maximum atomic E-state index is 12.3. The van der Waals surface area contributed by atoms with Gasteiger partial charge in [0.1, 0.15) is 17.1 Å². The average Bonchev–Trinajstić information content (AvgIpc) is 2.89. The molecule has 1 aromatic carbocycles. The monoisotopic (exact) mass is 292 g/mol. The van der Waals surface area contributed by atoms with E-state index in [9.17, 15) is 4.79 Å². The van der Waals surface area contributed by atoms with Gasteiger partial charge in [-0.05, 0) is 19.1 Å². The molecule has 1 amide bonds. The van der Waals surface area contributed by atoms with E-state index in [0.717, 1.165) is 10.7 Å². The maximum Gasteiger partial charge on any atom is 0.259 e. The van der Waals surface area contributed by atoms with Crippen molar-refractivity contribution < 1.29 is 14.3 Å². The number of carbonyl (C=O) groups is 1. The summed E-state index contributed by atoms with van der Waals surface area (Å²) >= 11 is 1.56. The molecular weight excluding hydrogens is 276 g/mol. The predicted molar refractivity (Wildman–Crippen MR) is 77.6 cm³/mol. The molecule has 1 N–H and O–H groups in total. The maximum absolute atomic E-state index is 12.3. The Labute approximate surface area is 121 Å². The molecule has 0 saturated heterocycles. The summed E-state index contributed by atoms with van der Waals surface area (Å²) in [4.78, 5) is 16.6. The van der Waals surface area contributed by atoms with Gasteiger partial charge in [-0.25, -0.2) is 4.98 Å². The number of aryl methyl sites for hydroxylation is 1. The molecule has 0 fully saturated rings. The van der Waals surface area contributed by atoms with Crippen LogP contribution >= 0.6 is 11.3 Å². The van der Waals surface area contributed by atoms with E-state index in [1.165, 1.54) is 14.2 Å². The molecule has 106 valence electrons. The molecule has 0 bridgehead atoms. The average molecular weight is 292 g/mol. The van der Waals surface area contributed by atoms with Crippen molar-refractivity contribution in [3.8, 4) is 11.5 Å². The minimum atomic E-state index is -0.245. The summed E-state index contributed by atoms with van der Waals surface area (Å²) in [5.41, 5.74) is 1.24. The minimum Gasteiger partial charge on any atom is -0.496 e. The van der Waals surface area contributed by atoms with Crippen LogP contribution in [0.3, 0.4) is 0 Å². The van der Waals surface area contributed by atoms with Gasteiger partial charge in [0.15, 0.2) is 0 Å². The van der Waals surface area contributed by atoms with Crippen LogP contribution in [0.5, 0.6) is 11.5 Å². The lowest BCUT2D eigenvalue weighted by atomic mass is 10.1. The van der Waals surface area contributed by atoms with Gasteiger partial charge in [0, 0.05) is 5.38 Å². The molecule has 0 aliphatic rings. The molecule has 0 aliphatic heterocycles. The molecule has 20 heavy (non-hydrogen) atoms. The molecule has 5 nitrogen and oxygen atoms in total. The Morgan fingerprint density at radius 2 is 1.95 bits per heavy atom. The Kier molecular flexibility index (Phi) is 4.57. The fourth-order valence-corrected chi connectivity index (χ4v) is 2.44. The Morgan fingerprint density at radius 1 is 1.30 bits per heavy atom. The number of carbonyl (C=O) groups excluding carboxylic acids is 1. The summed E-state index contributed by atoms with van der Waals surface area (Å²) in [5, 5.41) is 5.72. The Bertz CT molecular complexity index is 588. The zero-order valence-electron chi connectivity index (χ0n) is 11.6. The van der Waals surface area contributed by atoms with Crippen molar-refractivity contribution in [3.63, 3.8) is 0 Å². The number of hydrogen-bond acceptors (Lipinski definition) is 5. The van der Waals surface area contributed by atoms with Gasteiger partial charge in [0.05, 0.1) is 31.5 Å². The zero-order chi connectivity index (χ0) is 14.5. The van der Waals surface area contributed by atoms with Gasteiger partial charge in [0.25, 0.3) is 5.91 Å². The lowest BCUT2D eigenvalue weighted by Crippen LogP contribution is -2.24. The van der Waals surface area contributed by atoms with E-state index in [1.54, 1.807) is 29.5 Å². The predicted octanol–water partition coefficient (Wildman–Crippen LogP) is 2.40. The van der Waals surface area contributed by atoms with Gasteiger partial charge >= 0.3 is 0 Å². The molecule has 0 radical (unpaired) electrons. The third-order valence-corrected chi connectivity index (χ3v) is 3.57. The van der Waals surface area contributed by atoms with Crippen LogP contribution in [0.1, 0.15) is 21.1 Å². The topological polar surface area (TPSA) is 60.5 Å². The number of ether oxygens (including phenoxy) is 2. The van der Waals surface area contributed by atoms with Crippen molar-refractivity contribution in [3.05, 3.63) is 39.8 Å². The lowest BCUT2D eigenvalue weighted by Gasteiger charge is -2.12. The first kappa shape index (κ1) is 14.3. The standard InChI is InChI=1S/C14H16N2O3S/c1-9-16-10(8-20-9)7-15-14(17)13-11(18-2)5-4-6-12(13)19-3/h4-6,8H,7H2,1-3H3,(H,15,17). The molecule has 2 aromatic rings. The highest BCUT2D eigenvalue weighted by molar-refractivity contribution is 7.09. The number of amides is 1. The van der Waals surface area contributed by atoms with E-state index in [0.29, 0.717) is 23.6 Å². The molecule has 0 saturated carbocycles. The summed E-state index contributed by atoms with van der Waals surface area (Å²) in [6.45, 7) is 2.31. The van der Waals surface area contributed by atoms with Crippen molar-refractivity contribution in [2.45, 2.75) is 13.5 Å². The van der Waals surface area contributed by atoms with E-state index in [1.807, 2.05) is 12.3 Å². The summed E-state index contributed by atoms with van der Waals surface area (Å²) in [7, 11) is 3.05. The second kappa shape index (κ2) is 6.38. The van der Waals surface area contributed by atoms with E-state index >= 15 is 0 Å². The Hall–Kier alpha value is -2.08. The van der Waals surface area contributed by atoms with Gasteiger partial charge in [-0.1, -0.05) is 6.07 Å². The van der Waals surface area contributed by atoms with Gasteiger partial charge in [-0.15, -0.1) is 11.3 Å². The molecular formula is C14H16N2O3S. The van der Waals surface area contributed by atoms with E-state index in [4.69, 9.17) is 9.47 Å². The fraction of sp³-hybridized carbons (Fsp3) is 0.286. The lowest BCUT2D eigenvalue weighted by molar-refractivity contribution is 0.0944. The first-order valence-corrected chi connectivity index (χ1v) is 6.94.